The van der Waals surface area contributed by atoms with Gasteiger partial charge in [-0.1, -0.05) is 57.2 Å². The highest BCUT2D eigenvalue weighted by molar-refractivity contribution is 5.40. The number of hydrogen-bond donors (Lipinski definition) is 0. The molecular formula is C31H44O8. The van der Waals surface area contributed by atoms with Crippen LogP contribution in [0, 0.1) is 23.7 Å². The summed E-state index contributed by atoms with van der Waals surface area (Å²) in [5.41, 5.74) is 2.60. The summed E-state index contributed by atoms with van der Waals surface area (Å²) in [6.45, 7) is 12.2. The first-order valence-electron chi connectivity index (χ1n) is 14.1. The SMILES string of the molecule is CC[C@H]1O[C@@H](/C(C)=C/[C@H](C)/C=C/[C@H]2[C@@H](C)[C@@H]2/C=C/[C@@H]2O[C@H](CCOC=O)C[C@H](OC=O)[C@H]2OC=O)CC=C1C. The van der Waals surface area contributed by atoms with Crippen molar-refractivity contribution in [3.05, 3.63) is 47.6 Å². The van der Waals surface area contributed by atoms with E-state index in [-0.39, 0.29) is 24.9 Å². The molecule has 2 aliphatic heterocycles. The van der Waals surface area contributed by atoms with Gasteiger partial charge in [0.25, 0.3) is 19.4 Å². The minimum atomic E-state index is -0.740. The van der Waals surface area contributed by atoms with Crippen LogP contribution in [0.4, 0.5) is 0 Å². The van der Waals surface area contributed by atoms with Crippen LogP contribution in [0.3, 0.4) is 0 Å². The number of carbonyl (C=O) groups excluding carboxylic acids is 3. The van der Waals surface area contributed by atoms with Gasteiger partial charge in [-0.25, -0.2) is 0 Å². The summed E-state index contributed by atoms with van der Waals surface area (Å²) in [7, 11) is 0. The van der Waals surface area contributed by atoms with Crippen LogP contribution in [-0.4, -0.2) is 62.6 Å². The third kappa shape index (κ3) is 8.64. The molecule has 0 aromatic carbocycles. The van der Waals surface area contributed by atoms with Gasteiger partial charge in [-0.2, -0.15) is 0 Å². The van der Waals surface area contributed by atoms with Gasteiger partial charge in [0.15, 0.2) is 6.10 Å². The van der Waals surface area contributed by atoms with E-state index < -0.39 is 18.3 Å². The Balaban J connectivity index is 1.60. The summed E-state index contributed by atoms with van der Waals surface area (Å²) >= 11 is 0. The van der Waals surface area contributed by atoms with E-state index in [0.717, 1.165) is 12.8 Å². The average Bonchev–Trinajstić information content (AvgIpc) is 3.55. The number of rotatable bonds is 15. The van der Waals surface area contributed by atoms with Crippen molar-refractivity contribution in [2.45, 2.75) is 96.9 Å². The molecule has 0 radical (unpaired) electrons. The standard InChI is InChI=1S/C31H44O8/c1-6-27-21(3)8-11-28(39-27)22(4)15-20(2)7-9-25-23(5)26(25)10-12-29-31(37-19-34)30(36-18-33)16-24(38-29)13-14-35-17-32/h7-10,12,15,17-20,23-31H,6,11,13-14,16H2,1-5H3/b9-7+,12-10+,22-15+/t20-,23-,24-,25+,26+,27-,28-,29+,30+,31+/m1/s1. The lowest BCUT2D eigenvalue weighted by Crippen LogP contribution is -2.50. The van der Waals surface area contributed by atoms with Crippen LogP contribution in [0.15, 0.2) is 47.6 Å². The van der Waals surface area contributed by atoms with Crippen molar-refractivity contribution in [2.75, 3.05) is 6.61 Å². The van der Waals surface area contributed by atoms with Gasteiger partial charge in [-0.05, 0) is 61.5 Å². The first-order valence-corrected chi connectivity index (χ1v) is 14.1. The molecule has 0 N–H and O–H groups in total. The Morgan fingerprint density at radius 2 is 1.82 bits per heavy atom. The maximum absolute atomic E-state index is 11.2. The minimum absolute atomic E-state index is 0.142. The summed E-state index contributed by atoms with van der Waals surface area (Å²) in [6, 6.07) is 0. The molecule has 8 nitrogen and oxygen atoms in total. The predicted octanol–water partition coefficient (Wildman–Crippen LogP) is 4.88. The maximum Gasteiger partial charge on any atom is 0.293 e. The van der Waals surface area contributed by atoms with Crippen molar-refractivity contribution in [3.63, 3.8) is 0 Å². The highest BCUT2D eigenvalue weighted by Gasteiger charge is 2.44. The summed E-state index contributed by atoms with van der Waals surface area (Å²) in [4.78, 5) is 32.7. The van der Waals surface area contributed by atoms with Gasteiger partial charge in [0.1, 0.15) is 12.2 Å². The van der Waals surface area contributed by atoms with Crippen LogP contribution in [0.5, 0.6) is 0 Å². The maximum atomic E-state index is 11.2. The van der Waals surface area contributed by atoms with E-state index in [1.807, 2.05) is 6.08 Å². The van der Waals surface area contributed by atoms with Crippen LogP contribution < -0.4 is 0 Å². The van der Waals surface area contributed by atoms with Gasteiger partial charge in [-0.15, -0.1) is 0 Å². The molecule has 1 saturated heterocycles. The average molecular weight is 545 g/mol. The Kier molecular flexibility index (Phi) is 12.0. The largest absolute Gasteiger partial charge is 0.468 e. The Labute approximate surface area is 232 Å². The molecule has 8 heteroatoms. The third-order valence-electron chi connectivity index (χ3n) is 8.18. The van der Waals surface area contributed by atoms with E-state index in [2.05, 4.69) is 65.0 Å². The van der Waals surface area contributed by atoms with E-state index in [9.17, 15) is 14.4 Å². The van der Waals surface area contributed by atoms with Crippen molar-refractivity contribution < 1.29 is 38.1 Å². The second-order valence-corrected chi connectivity index (χ2v) is 10.9. The molecule has 2 heterocycles. The van der Waals surface area contributed by atoms with E-state index in [4.69, 9.17) is 23.7 Å². The zero-order valence-electron chi connectivity index (χ0n) is 23.8. The zero-order valence-corrected chi connectivity index (χ0v) is 23.8. The molecule has 2 fully saturated rings. The fraction of sp³-hybridized carbons (Fsp3) is 0.645. The molecule has 0 aromatic rings. The summed E-state index contributed by atoms with van der Waals surface area (Å²) in [5, 5.41) is 0. The second kappa shape index (κ2) is 15.2. The molecule has 1 saturated carbocycles. The Hall–Kier alpha value is -2.71. The van der Waals surface area contributed by atoms with Crippen molar-refractivity contribution in [3.8, 4) is 0 Å². The summed E-state index contributed by atoms with van der Waals surface area (Å²) < 4.78 is 27.7. The van der Waals surface area contributed by atoms with E-state index >= 15 is 0 Å². The van der Waals surface area contributed by atoms with Crippen molar-refractivity contribution in [1.29, 1.82) is 0 Å². The molecule has 10 atom stereocenters. The number of ether oxygens (including phenoxy) is 5. The summed E-state index contributed by atoms with van der Waals surface area (Å²) in [6.07, 6.45) is 14.0. The third-order valence-corrected chi connectivity index (χ3v) is 8.18. The molecule has 0 amide bonds. The fourth-order valence-electron chi connectivity index (χ4n) is 5.73. The lowest BCUT2D eigenvalue weighted by atomic mass is 9.95. The van der Waals surface area contributed by atoms with E-state index in [1.54, 1.807) is 0 Å². The van der Waals surface area contributed by atoms with Crippen LogP contribution in [-0.2, 0) is 38.1 Å². The lowest BCUT2D eigenvalue weighted by molar-refractivity contribution is -0.189. The van der Waals surface area contributed by atoms with Gasteiger partial charge in [-0.3, -0.25) is 14.4 Å². The molecule has 3 rings (SSSR count). The zero-order chi connectivity index (χ0) is 28.4. The quantitative estimate of drug-likeness (QED) is 0.125. The van der Waals surface area contributed by atoms with Gasteiger partial charge in [0.2, 0.25) is 0 Å². The van der Waals surface area contributed by atoms with Crippen LogP contribution >= 0.6 is 0 Å². The minimum Gasteiger partial charge on any atom is -0.468 e. The van der Waals surface area contributed by atoms with Gasteiger partial charge < -0.3 is 23.7 Å². The lowest BCUT2D eigenvalue weighted by Gasteiger charge is -2.38. The molecule has 39 heavy (non-hydrogen) atoms. The smallest absolute Gasteiger partial charge is 0.293 e. The highest BCUT2D eigenvalue weighted by Crippen LogP contribution is 2.48. The van der Waals surface area contributed by atoms with Gasteiger partial charge >= 0.3 is 0 Å². The molecule has 0 spiro atoms. The van der Waals surface area contributed by atoms with Crippen molar-refractivity contribution >= 4 is 19.4 Å². The molecule has 1 aliphatic carbocycles. The van der Waals surface area contributed by atoms with Gasteiger partial charge in [0, 0.05) is 12.8 Å². The van der Waals surface area contributed by atoms with Gasteiger partial charge in [0.05, 0.1) is 24.9 Å². The molecule has 216 valence electrons. The van der Waals surface area contributed by atoms with E-state index in [0.29, 0.717) is 55.9 Å². The summed E-state index contributed by atoms with van der Waals surface area (Å²) in [5.74, 6) is 1.51. The first-order chi connectivity index (χ1) is 18.8. The Morgan fingerprint density at radius 3 is 2.51 bits per heavy atom. The monoisotopic (exact) mass is 544 g/mol. The van der Waals surface area contributed by atoms with E-state index in [1.165, 1.54) is 11.1 Å². The van der Waals surface area contributed by atoms with Crippen LogP contribution in [0.1, 0.15) is 60.3 Å². The second-order valence-electron chi connectivity index (χ2n) is 10.9. The molecular weight excluding hydrogens is 500 g/mol. The molecule has 0 unspecified atom stereocenters. The van der Waals surface area contributed by atoms with Crippen molar-refractivity contribution in [2.24, 2.45) is 23.7 Å². The number of hydrogen-bond acceptors (Lipinski definition) is 8. The molecule has 0 aromatic heterocycles. The normalized spacial score (nSPS) is 35.8. The Morgan fingerprint density at radius 1 is 1.08 bits per heavy atom. The molecule has 3 aliphatic rings. The number of allylic oxidation sites excluding steroid dienone is 4. The van der Waals surface area contributed by atoms with Crippen LogP contribution in [0.25, 0.3) is 0 Å². The van der Waals surface area contributed by atoms with Crippen molar-refractivity contribution in [1.82, 2.24) is 0 Å². The number of carbonyl (C=O) groups is 3. The Bertz CT molecular complexity index is 937. The van der Waals surface area contributed by atoms with Crippen LogP contribution in [0.2, 0.25) is 0 Å². The highest BCUT2D eigenvalue weighted by atomic mass is 16.6. The predicted molar refractivity (Wildman–Crippen MR) is 146 cm³/mol. The fourth-order valence-corrected chi connectivity index (χ4v) is 5.73. The topological polar surface area (TPSA) is 97.4 Å². The molecule has 0 bridgehead atoms. The first kappa shape index (κ1) is 30.8.